The minimum Gasteiger partial charge on any atom is -0.396 e. The van der Waals surface area contributed by atoms with Crippen molar-refractivity contribution >= 4 is 0 Å². The second kappa shape index (κ2) is 7.85. The van der Waals surface area contributed by atoms with Crippen LogP contribution in [0.15, 0.2) is 11.6 Å². The van der Waals surface area contributed by atoms with Gasteiger partial charge in [0.1, 0.15) is 0 Å². The highest BCUT2D eigenvalue weighted by Crippen LogP contribution is 2.13. The fourth-order valence-electron chi connectivity index (χ4n) is 2.44. The lowest BCUT2D eigenvalue weighted by Crippen LogP contribution is -2.53. The molecule has 1 N–H and O–H groups in total. The predicted octanol–water partition coefficient (Wildman–Crippen LogP) is 1.73. The van der Waals surface area contributed by atoms with Crippen molar-refractivity contribution in [2.75, 3.05) is 39.3 Å². The van der Waals surface area contributed by atoms with Crippen molar-refractivity contribution in [2.24, 2.45) is 0 Å². The first-order valence-corrected chi connectivity index (χ1v) is 6.88. The number of nitrogens with zero attached hydrogens (tertiary/aromatic N) is 2. The number of hydrogen-bond acceptors (Lipinski definition) is 3. The van der Waals surface area contributed by atoms with Crippen molar-refractivity contribution in [3.8, 4) is 0 Å². The summed E-state index contributed by atoms with van der Waals surface area (Å²) in [6.07, 6.45) is 4.41. The van der Waals surface area contributed by atoms with E-state index < -0.39 is 0 Å². The largest absolute Gasteiger partial charge is 0.396 e. The number of allylic oxidation sites excluding steroid dienone is 1. The standard InChI is InChI=1S/C14H28N2O/c1-4-7-15-9-10-16(8-5-13(2)3)14(12-15)6-11-17/h5,14,17H,4,6-12H2,1-3H3/t14-/m1/s1. The summed E-state index contributed by atoms with van der Waals surface area (Å²) in [7, 11) is 0. The number of hydrogen-bond donors (Lipinski definition) is 1. The van der Waals surface area contributed by atoms with Crippen LogP contribution in [0, 0.1) is 0 Å². The fourth-order valence-corrected chi connectivity index (χ4v) is 2.44. The lowest BCUT2D eigenvalue weighted by Gasteiger charge is -2.41. The molecule has 3 nitrogen and oxygen atoms in total. The maximum absolute atomic E-state index is 9.17. The summed E-state index contributed by atoms with van der Waals surface area (Å²) in [5.41, 5.74) is 1.38. The van der Waals surface area contributed by atoms with Crippen molar-refractivity contribution in [3.05, 3.63) is 11.6 Å². The normalized spacial score (nSPS) is 22.7. The SMILES string of the molecule is CCCN1CCN(CC=C(C)C)[C@H](CCO)C1. The van der Waals surface area contributed by atoms with E-state index >= 15 is 0 Å². The monoisotopic (exact) mass is 240 g/mol. The molecule has 1 heterocycles. The average molecular weight is 240 g/mol. The van der Waals surface area contributed by atoms with Gasteiger partial charge in [0.05, 0.1) is 0 Å². The van der Waals surface area contributed by atoms with Crippen molar-refractivity contribution in [1.29, 1.82) is 0 Å². The minimum absolute atomic E-state index is 0.302. The first-order chi connectivity index (χ1) is 8.17. The van der Waals surface area contributed by atoms with E-state index in [0.717, 1.165) is 26.1 Å². The molecule has 0 amide bonds. The molecule has 0 aliphatic carbocycles. The molecule has 100 valence electrons. The minimum atomic E-state index is 0.302. The molecule has 3 heteroatoms. The van der Waals surface area contributed by atoms with E-state index in [2.05, 4.69) is 36.6 Å². The van der Waals surface area contributed by atoms with Gasteiger partial charge in [0, 0.05) is 38.8 Å². The Kier molecular flexibility index (Phi) is 6.78. The third kappa shape index (κ3) is 5.19. The Morgan fingerprint density at radius 2 is 2.12 bits per heavy atom. The Balaban J connectivity index is 2.49. The summed E-state index contributed by atoms with van der Waals surface area (Å²) in [5.74, 6) is 0. The van der Waals surface area contributed by atoms with Crippen molar-refractivity contribution < 1.29 is 5.11 Å². The number of aliphatic hydroxyl groups excluding tert-OH is 1. The Morgan fingerprint density at radius 3 is 2.71 bits per heavy atom. The van der Waals surface area contributed by atoms with Gasteiger partial charge in [-0.15, -0.1) is 0 Å². The third-order valence-electron chi connectivity index (χ3n) is 3.42. The number of piperazine rings is 1. The van der Waals surface area contributed by atoms with Crippen molar-refractivity contribution in [3.63, 3.8) is 0 Å². The number of rotatable bonds is 6. The van der Waals surface area contributed by atoms with Crippen LogP contribution in [-0.4, -0.2) is 60.3 Å². The molecule has 17 heavy (non-hydrogen) atoms. The maximum Gasteiger partial charge on any atom is 0.0446 e. The van der Waals surface area contributed by atoms with E-state index in [-0.39, 0.29) is 0 Å². The van der Waals surface area contributed by atoms with Crippen molar-refractivity contribution in [1.82, 2.24) is 9.80 Å². The molecular formula is C14H28N2O. The van der Waals surface area contributed by atoms with E-state index in [9.17, 15) is 0 Å². The van der Waals surface area contributed by atoms with Crippen LogP contribution in [0.2, 0.25) is 0 Å². The van der Waals surface area contributed by atoms with E-state index in [4.69, 9.17) is 5.11 Å². The van der Waals surface area contributed by atoms with Crippen LogP contribution in [0.3, 0.4) is 0 Å². The summed E-state index contributed by atoms with van der Waals surface area (Å²) >= 11 is 0. The summed E-state index contributed by atoms with van der Waals surface area (Å²) in [6, 6.07) is 0.524. The van der Waals surface area contributed by atoms with Gasteiger partial charge in [0.15, 0.2) is 0 Å². The molecule has 1 fully saturated rings. The van der Waals surface area contributed by atoms with Crippen LogP contribution in [0.5, 0.6) is 0 Å². The molecule has 0 unspecified atom stereocenters. The topological polar surface area (TPSA) is 26.7 Å². The molecule has 0 aromatic carbocycles. The zero-order chi connectivity index (χ0) is 12.7. The first-order valence-electron chi connectivity index (χ1n) is 6.88. The second-order valence-corrected chi connectivity index (χ2v) is 5.24. The Morgan fingerprint density at radius 1 is 1.35 bits per heavy atom. The average Bonchev–Trinajstić information content (AvgIpc) is 2.28. The highest BCUT2D eigenvalue weighted by atomic mass is 16.3. The van der Waals surface area contributed by atoms with Crippen LogP contribution in [-0.2, 0) is 0 Å². The zero-order valence-corrected chi connectivity index (χ0v) is 11.7. The maximum atomic E-state index is 9.17. The molecular weight excluding hydrogens is 212 g/mol. The summed E-state index contributed by atoms with van der Waals surface area (Å²) in [6.45, 7) is 12.5. The van der Waals surface area contributed by atoms with E-state index in [1.165, 1.54) is 25.1 Å². The first kappa shape index (κ1) is 14.7. The number of aliphatic hydroxyl groups is 1. The van der Waals surface area contributed by atoms with Gasteiger partial charge >= 0.3 is 0 Å². The van der Waals surface area contributed by atoms with Crippen LogP contribution in [0.4, 0.5) is 0 Å². The Hall–Kier alpha value is -0.380. The van der Waals surface area contributed by atoms with Gasteiger partial charge < -0.3 is 10.0 Å². The van der Waals surface area contributed by atoms with Crippen LogP contribution in [0.25, 0.3) is 0 Å². The van der Waals surface area contributed by atoms with Gasteiger partial charge in [-0.3, -0.25) is 4.90 Å². The molecule has 1 atom stereocenters. The molecule has 1 aliphatic heterocycles. The Labute approximate surface area is 106 Å². The molecule has 0 bridgehead atoms. The van der Waals surface area contributed by atoms with E-state index in [0.29, 0.717) is 12.6 Å². The summed E-state index contributed by atoms with van der Waals surface area (Å²) in [5, 5.41) is 9.17. The predicted molar refractivity (Wildman–Crippen MR) is 73.2 cm³/mol. The highest BCUT2D eigenvalue weighted by Gasteiger charge is 2.25. The highest BCUT2D eigenvalue weighted by molar-refractivity contribution is 4.97. The fraction of sp³-hybridized carbons (Fsp3) is 0.857. The molecule has 1 rings (SSSR count). The molecule has 0 radical (unpaired) electrons. The van der Waals surface area contributed by atoms with Gasteiger partial charge in [-0.25, -0.2) is 0 Å². The third-order valence-corrected chi connectivity index (χ3v) is 3.42. The van der Waals surface area contributed by atoms with Crippen LogP contribution < -0.4 is 0 Å². The zero-order valence-electron chi connectivity index (χ0n) is 11.7. The van der Waals surface area contributed by atoms with Gasteiger partial charge in [-0.05, 0) is 33.2 Å². The lowest BCUT2D eigenvalue weighted by atomic mass is 10.1. The molecule has 0 spiro atoms. The second-order valence-electron chi connectivity index (χ2n) is 5.24. The van der Waals surface area contributed by atoms with Gasteiger partial charge in [-0.1, -0.05) is 18.6 Å². The molecule has 0 aromatic heterocycles. The summed E-state index contributed by atoms with van der Waals surface area (Å²) in [4.78, 5) is 5.04. The van der Waals surface area contributed by atoms with Crippen LogP contribution in [0.1, 0.15) is 33.6 Å². The van der Waals surface area contributed by atoms with Gasteiger partial charge in [0.25, 0.3) is 0 Å². The van der Waals surface area contributed by atoms with Crippen molar-refractivity contribution in [2.45, 2.75) is 39.7 Å². The van der Waals surface area contributed by atoms with Gasteiger partial charge in [0.2, 0.25) is 0 Å². The summed E-state index contributed by atoms with van der Waals surface area (Å²) < 4.78 is 0. The van der Waals surface area contributed by atoms with E-state index in [1.807, 2.05) is 0 Å². The van der Waals surface area contributed by atoms with Crippen LogP contribution >= 0.6 is 0 Å². The van der Waals surface area contributed by atoms with E-state index in [1.54, 1.807) is 0 Å². The quantitative estimate of drug-likeness (QED) is 0.716. The lowest BCUT2D eigenvalue weighted by molar-refractivity contribution is 0.0678. The molecule has 1 saturated heterocycles. The molecule has 1 aliphatic rings. The molecule has 0 saturated carbocycles. The van der Waals surface area contributed by atoms with Gasteiger partial charge in [-0.2, -0.15) is 0 Å². The smallest absolute Gasteiger partial charge is 0.0446 e. The Bertz CT molecular complexity index is 236. The molecule has 0 aromatic rings.